The van der Waals surface area contributed by atoms with Gasteiger partial charge in [0.15, 0.2) is 10.6 Å². The first-order valence-corrected chi connectivity index (χ1v) is 7.37. The smallest absolute Gasteiger partial charge is 0.399 e. The molecule has 0 saturated heterocycles. The Morgan fingerprint density at radius 3 is 1.74 bits per heavy atom. The summed E-state index contributed by atoms with van der Waals surface area (Å²) in [6.45, 7) is 0. The molecular formula is C14H9F6NOP+. The molecule has 2 rings (SSSR count). The summed E-state index contributed by atoms with van der Waals surface area (Å²) in [7, 11) is -2.64. The standard InChI is InChI=1S/C14H9F6NOP/c15-13(16,17)8-4-9(14(18,19)20)6-12(5-8)23(22)11-3-1-2-10(21)7-11/h1-7H,21H2/q+1. The predicted molar refractivity (Wildman–Crippen MR) is 74.2 cm³/mol. The molecule has 1 unspecified atom stereocenters. The third kappa shape index (κ3) is 4.01. The van der Waals surface area contributed by atoms with Crippen LogP contribution >= 0.6 is 7.80 Å². The summed E-state index contributed by atoms with van der Waals surface area (Å²) in [6, 6.07) is 6.34. The van der Waals surface area contributed by atoms with Gasteiger partial charge in [-0.1, -0.05) is 10.6 Å². The van der Waals surface area contributed by atoms with E-state index in [9.17, 15) is 30.9 Å². The monoisotopic (exact) mass is 352 g/mol. The van der Waals surface area contributed by atoms with Gasteiger partial charge >= 0.3 is 20.2 Å². The van der Waals surface area contributed by atoms with Crippen molar-refractivity contribution < 1.29 is 30.9 Å². The molecule has 0 heterocycles. The molecule has 0 aliphatic rings. The lowest BCUT2D eigenvalue weighted by Crippen LogP contribution is -2.17. The number of halogens is 6. The van der Waals surface area contributed by atoms with E-state index >= 15 is 0 Å². The summed E-state index contributed by atoms with van der Waals surface area (Å²) in [5.74, 6) is 0. The van der Waals surface area contributed by atoms with Crippen LogP contribution in [-0.4, -0.2) is 0 Å². The molecule has 0 aliphatic carbocycles. The second-order valence-corrected chi connectivity index (χ2v) is 6.27. The quantitative estimate of drug-likeness (QED) is 0.503. The molecule has 9 heteroatoms. The summed E-state index contributed by atoms with van der Waals surface area (Å²) in [5, 5.41) is -0.514. The second-order valence-electron chi connectivity index (χ2n) is 4.65. The Bertz CT molecular complexity index is 721. The van der Waals surface area contributed by atoms with Crippen LogP contribution in [0.1, 0.15) is 11.1 Å². The Morgan fingerprint density at radius 2 is 1.30 bits per heavy atom. The van der Waals surface area contributed by atoms with Crippen LogP contribution in [-0.2, 0) is 16.9 Å². The first kappa shape index (κ1) is 17.3. The van der Waals surface area contributed by atoms with Gasteiger partial charge in [0.2, 0.25) is 0 Å². The van der Waals surface area contributed by atoms with E-state index in [2.05, 4.69) is 0 Å². The van der Waals surface area contributed by atoms with Gasteiger partial charge in [-0.3, -0.25) is 0 Å². The zero-order chi connectivity index (χ0) is 17.4. The molecule has 0 bridgehead atoms. The summed E-state index contributed by atoms with van der Waals surface area (Å²) in [4.78, 5) is 0. The fourth-order valence-corrected chi connectivity index (χ4v) is 3.15. The largest absolute Gasteiger partial charge is 0.416 e. The third-order valence-corrected chi connectivity index (χ3v) is 4.39. The van der Waals surface area contributed by atoms with Crippen molar-refractivity contribution in [3.63, 3.8) is 0 Å². The van der Waals surface area contributed by atoms with E-state index in [0.29, 0.717) is 12.1 Å². The van der Waals surface area contributed by atoms with Gasteiger partial charge in [-0.05, 0) is 18.2 Å². The van der Waals surface area contributed by atoms with Crippen molar-refractivity contribution in [3.05, 3.63) is 53.6 Å². The zero-order valence-corrected chi connectivity index (χ0v) is 12.1. The highest BCUT2D eigenvalue weighted by atomic mass is 31.1. The third-order valence-electron chi connectivity index (χ3n) is 2.91. The van der Waals surface area contributed by atoms with E-state index in [0.717, 1.165) is 0 Å². The molecular weight excluding hydrogens is 343 g/mol. The van der Waals surface area contributed by atoms with Crippen LogP contribution < -0.4 is 16.3 Å². The summed E-state index contributed by atoms with van der Waals surface area (Å²) in [6.07, 6.45) is -9.97. The Kier molecular flexibility index (Phi) is 4.39. The van der Waals surface area contributed by atoms with Gasteiger partial charge in [0.25, 0.3) is 0 Å². The summed E-state index contributed by atoms with van der Waals surface area (Å²) in [5.41, 5.74) is 2.68. The van der Waals surface area contributed by atoms with Crippen LogP contribution in [0.5, 0.6) is 0 Å². The average molecular weight is 352 g/mol. The Morgan fingerprint density at radius 1 is 0.783 bits per heavy atom. The van der Waals surface area contributed by atoms with E-state index in [4.69, 9.17) is 5.73 Å². The minimum absolute atomic E-state index is 0.00791. The van der Waals surface area contributed by atoms with Crippen LogP contribution in [0.3, 0.4) is 0 Å². The SMILES string of the molecule is Nc1cccc([P+](=O)c2cc(C(F)(F)F)cc(C(F)(F)F)c2)c1. The Labute approximate surface area is 127 Å². The fraction of sp³-hybridized carbons (Fsp3) is 0.143. The molecule has 0 aliphatic heterocycles. The topological polar surface area (TPSA) is 43.1 Å². The first-order chi connectivity index (χ1) is 10.5. The molecule has 2 nitrogen and oxygen atoms in total. The summed E-state index contributed by atoms with van der Waals surface area (Å²) >= 11 is 0. The maximum Gasteiger partial charge on any atom is 0.416 e. The number of benzene rings is 2. The number of nitrogens with two attached hydrogens (primary N) is 1. The maximum absolute atomic E-state index is 12.8. The molecule has 2 N–H and O–H groups in total. The molecule has 0 fully saturated rings. The van der Waals surface area contributed by atoms with Gasteiger partial charge in [-0.25, -0.2) is 0 Å². The number of rotatable bonds is 2. The number of hydrogen-bond donors (Lipinski definition) is 1. The van der Waals surface area contributed by atoms with Gasteiger partial charge in [0.05, 0.1) is 11.1 Å². The Balaban J connectivity index is 2.60. The lowest BCUT2D eigenvalue weighted by atomic mass is 10.1. The lowest BCUT2D eigenvalue weighted by molar-refractivity contribution is -0.142. The highest BCUT2D eigenvalue weighted by molar-refractivity contribution is 7.61. The normalized spacial score (nSPS) is 13.0. The number of alkyl halides is 6. The Hall–Kier alpha value is -2.08. The van der Waals surface area contributed by atoms with E-state index < -0.39 is 36.6 Å². The molecule has 0 aromatic heterocycles. The van der Waals surface area contributed by atoms with Crippen molar-refractivity contribution in [2.24, 2.45) is 0 Å². The van der Waals surface area contributed by atoms with Crippen LogP contribution in [0.4, 0.5) is 32.0 Å². The molecule has 23 heavy (non-hydrogen) atoms. The van der Waals surface area contributed by atoms with Gasteiger partial charge in [-0.2, -0.15) is 26.3 Å². The van der Waals surface area contributed by atoms with Crippen molar-refractivity contribution in [3.8, 4) is 0 Å². The van der Waals surface area contributed by atoms with Gasteiger partial charge in [0, 0.05) is 23.9 Å². The van der Waals surface area contributed by atoms with Crippen LogP contribution in [0.25, 0.3) is 0 Å². The van der Waals surface area contributed by atoms with E-state index in [1.54, 1.807) is 0 Å². The minimum Gasteiger partial charge on any atom is -0.399 e. The molecule has 0 saturated carbocycles. The predicted octanol–water partition coefficient (Wildman–Crippen LogP) is 4.08. The minimum atomic E-state index is -4.98. The van der Waals surface area contributed by atoms with E-state index in [-0.39, 0.29) is 17.1 Å². The molecule has 2 aromatic rings. The highest BCUT2D eigenvalue weighted by Crippen LogP contribution is 2.36. The van der Waals surface area contributed by atoms with Crippen molar-refractivity contribution in [2.75, 3.05) is 5.73 Å². The molecule has 0 amide bonds. The van der Waals surface area contributed by atoms with Crippen LogP contribution in [0, 0.1) is 0 Å². The maximum atomic E-state index is 12.8. The number of nitrogen functional groups attached to an aromatic ring is 1. The second kappa shape index (κ2) is 5.85. The average Bonchev–Trinajstić information content (AvgIpc) is 2.44. The zero-order valence-electron chi connectivity index (χ0n) is 11.2. The van der Waals surface area contributed by atoms with E-state index in [1.807, 2.05) is 0 Å². The molecule has 0 spiro atoms. The van der Waals surface area contributed by atoms with Crippen molar-refractivity contribution in [1.82, 2.24) is 0 Å². The molecule has 0 radical (unpaired) electrons. The van der Waals surface area contributed by atoms with Crippen molar-refractivity contribution >= 4 is 24.1 Å². The molecule has 2 aromatic carbocycles. The first-order valence-electron chi connectivity index (χ1n) is 6.11. The van der Waals surface area contributed by atoms with Crippen molar-refractivity contribution in [1.29, 1.82) is 0 Å². The van der Waals surface area contributed by atoms with Crippen molar-refractivity contribution in [2.45, 2.75) is 12.4 Å². The summed E-state index contributed by atoms with van der Waals surface area (Å²) < 4.78 is 89.0. The molecule has 122 valence electrons. The van der Waals surface area contributed by atoms with Crippen LogP contribution in [0.2, 0.25) is 0 Å². The number of hydrogen-bond acceptors (Lipinski definition) is 2. The fourth-order valence-electron chi connectivity index (χ4n) is 1.86. The van der Waals surface area contributed by atoms with E-state index in [1.165, 1.54) is 24.3 Å². The number of anilines is 1. The van der Waals surface area contributed by atoms with Gasteiger partial charge in [0.1, 0.15) is 0 Å². The van der Waals surface area contributed by atoms with Crippen LogP contribution in [0.15, 0.2) is 42.5 Å². The molecule has 1 atom stereocenters. The van der Waals surface area contributed by atoms with Gasteiger partial charge < -0.3 is 5.73 Å². The lowest BCUT2D eigenvalue weighted by Gasteiger charge is -2.11. The highest BCUT2D eigenvalue weighted by Gasteiger charge is 2.39. The van der Waals surface area contributed by atoms with Gasteiger partial charge in [-0.15, -0.1) is 0 Å².